The number of hydrogen-bond acceptors (Lipinski definition) is 3. The first kappa shape index (κ1) is 12.0. The van der Waals surface area contributed by atoms with Crippen molar-refractivity contribution >= 4 is 11.9 Å². The zero-order chi connectivity index (χ0) is 11.3. The third-order valence-electron chi connectivity index (χ3n) is 2.47. The Kier molecular flexibility index (Phi) is 4.59. The predicted octanol–water partition coefficient (Wildman–Crippen LogP) is 1.34. The highest BCUT2D eigenvalue weighted by molar-refractivity contribution is 5.77. The van der Waals surface area contributed by atoms with Crippen LogP contribution in [-0.4, -0.2) is 36.0 Å². The molecule has 1 aliphatic carbocycles. The van der Waals surface area contributed by atoms with Crippen molar-refractivity contribution in [2.24, 2.45) is 0 Å². The van der Waals surface area contributed by atoms with Crippen molar-refractivity contribution in [2.75, 3.05) is 13.2 Å². The number of nitrogens with zero attached hydrogens (tertiary/aromatic N) is 1. The average Bonchev–Trinajstić information content (AvgIpc) is 3.02. The van der Waals surface area contributed by atoms with E-state index in [9.17, 15) is 9.59 Å². The Balaban J connectivity index is 2.31. The summed E-state index contributed by atoms with van der Waals surface area (Å²) in [6.07, 6.45) is 2.98. The summed E-state index contributed by atoms with van der Waals surface area (Å²) in [7, 11) is 0. The van der Waals surface area contributed by atoms with E-state index in [0.29, 0.717) is 32.0 Å². The SMILES string of the molecule is CCOC(=O)CCN(C(=O)CC)C1CC1. The highest BCUT2D eigenvalue weighted by Crippen LogP contribution is 2.27. The van der Waals surface area contributed by atoms with Crippen LogP contribution in [0.25, 0.3) is 0 Å². The van der Waals surface area contributed by atoms with Crippen molar-refractivity contribution < 1.29 is 14.3 Å². The van der Waals surface area contributed by atoms with Crippen LogP contribution in [0.1, 0.15) is 39.5 Å². The summed E-state index contributed by atoms with van der Waals surface area (Å²) in [6.45, 7) is 4.55. The van der Waals surface area contributed by atoms with E-state index in [1.54, 1.807) is 6.92 Å². The van der Waals surface area contributed by atoms with Gasteiger partial charge in [0.1, 0.15) is 0 Å². The Morgan fingerprint density at radius 1 is 1.33 bits per heavy atom. The summed E-state index contributed by atoms with van der Waals surface area (Å²) in [6, 6.07) is 0.381. The number of rotatable bonds is 6. The fourth-order valence-electron chi connectivity index (χ4n) is 1.55. The number of hydrogen-bond donors (Lipinski definition) is 0. The molecule has 0 atom stereocenters. The molecule has 1 saturated carbocycles. The van der Waals surface area contributed by atoms with Crippen molar-refractivity contribution in [3.8, 4) is 0 Å². The third kappa shape index (κ3) is 3.90. The van der Waals surface area contributed by atoms with Crippen LogP contribution in [0.5, 0.6) is 0 Å². The molecule has 1 amide bonds. The van der Waals surface area contributed by atoms with Crippen LogP contribution in [0, 0.1) is 0 Å². The number of amides is 1. The van der Waals surface area contributed by atoms with Crippen LogP contribution >= 0.6 is 0 Å². The molecule has 0 saturated heterocycles. The van der Waals surface area contributed by atoms with Gasteiger partial charge in [-0.15, -0.1) is 0 Å². The predicted molar refractivity (Wildman–Crippen MR) is 56.3 cm³/mol. The van der Waals surface area contributed by atoms with Crippen LogP contribution in [0.2, 0.25) is 0 Å². The lowest BCUT2D eigenvalue weighted by molar-refractivity contribution is -0.144. The summed E-state index contributed by atoms with van der Waals surface area (Å²) >= 11 is 0. The molecule has 0 bridgehead atoms. The van der Waals surface area contributed by atoms with Crippen molar-refractivity contribution in [3.63, 3.8) is 0 Å². The first-order chi connectivity index (χ1) is 7.19. The van der Waals surface area contributed by atoms with E-state index in [0.717, 1.165) is 12.8 Å². The molecular formula is C11H19NO3. The second kappa shape index (κ2) is 5.73. The second-order valence-electron chi connectivity index (χ2n) is 3.73. The van der Waals surface area contributed by atoms with Gasteiger partial charge in [-0.2, -0.15) is 0 Å². The minimum Gasteiger partial charge on any atom is -0.466 e. The zero-order valence-corrected chi connectivity index (χ0v) is 9.49. The van der Waals surface area contributed by atoms with Gasteiger partial charge >= 0.3 is 5.97 Å². The van der Waals surface area contributed by atoms with Crippen molar-refractivity contribution in [2.45, 2.75) is 45.6 Å². The van der Waals surface area contributed by atoms with Crippen LogP contribution in [0.3, 0.4) is 0 Å². The Bertz CT molecular complexity index is 236. The molecule has 86 valence electrons. The van der Waals surface area contributed by atoms with Crippen molar-refractivity contribution in [1.29, 1.82) is 0 Å². The van der Waals surface area contributed by atoms with Crippen LogP contribution in [0.15, 0.2) is 0 Å². The lowest BCUT2D eigenvalue weighted by Crippen LogP contribution is -2.34. The molecule has 15 heavy (non-hydrogen) atoms. The molecule has 0 aromatic carbocycles. The Labute approximate surface area is 90.6 Å². The van der Waals surface area contributed by atoms with Gasteiger partial charge in [0.25, 0.3) is 0 Å². The van der Waals surface area contributed by atoms with E-state index < -0.39 is 0 Å². The molecule has 0 aliphatic heterocycles. The molecule has 0 radical (unpaired) electrons. The van der Waals surface area contributed by atoms with Gasteiger partial charge in [-0.05, 0) is 19.8 Å². The van der Waals surface area contributed by atoms with Gasteiger partial charge < -0.3 is 9.64 Å². The molecule has 0 N–H and O–H groups in total. The molecule has 0 aromatic heterocycles. The zero-order valence-electron chi connectivity index (χ0n) is 9.49. The van der Waals surface area contributed by atoms with E-state index in [2.05, 4.69) is 0 Å². The van der Waals surface area contributed by atoms with Gasteiger partial charge in [-0.3, -0.25) is 9.59 Å². The molecule has 1 fully saturated rings. The quantitative estimate of drug-likeness (QED) is 0.625. The molecule has 1 aliphatic rings. The maximum atomic E-state index is 11.5. The summed E-state index contributed by atoms with van der Waals surface area (Å²) < 4.78 is 4.83. The van der Waals surface area contributed by atoms with Gasteiger partial charge in [0, 0.05) is 19.0 Å². The second-order valence-corrected chi connectivity index (χ2v) is 3.73. The normalized spacial score (nSPS) is 14.8. The van der Waals surface area contributed by atoms with Gasteiger partial charge in [-0.25, -0.2) is 0 Å². The smallest absolute Gasteiger partial charge is 0.307 e. The molecule has 4 nitrogen and oxygen atoms in total. The van der Waals surface area contributed by atoms with Crippen molar-refractivity contribution in [1.82, 2.24) is 4.90 Å². The van der Waals surface area contributed by atoms with Gasteiger partial charge in [0.2, 0.25) is 5.91 Å². The summed E-state index contributed by atoms with van der Waals surface area (Å²) in [5, 5.41) is 0. The number of esters is 1. The van der Waals surface area contributed by atoms with E-state index in [1.165, 1.54) is 0 Å². The molecule has 0 heterocycles. The standard InChI is InChI=1S/C11H19NO3/c1-3-10(13)12(9-5-6-9)8-7-11(14)15-4-2/h9H,3-8H2,1-2H3. The Hall–Kier alpha value is -1.06. The molecule has 1 rings (SSSR count). The number of carbonyl (C=O) groups excluding carboxylic acids is 2. The minimum absolute atomic E-state index is 0.141. The largest absolute Gasteiger partial charge is 0.466 e. The molecular weight excluding hydrogens is 194 g/mol. The van der Waals surface area contributed by atoms with Crippen LogP contribution in [-0.2, 0) is 14.3 Å². The first-order valence-corrected chi connectivity index (χ1v) is 5.64. The molecule has 4 heteroatoms. The summed E-state index contributed by atoms with van der Waals surface area (Å²) in [5.41, 5.74) is 0. The highest BCUT2D eigenvalue weighted by atomic mass is 16.5. The Morgan fingerprint density at radius 2 is 2.00 bits per heavy atom. The summed E-state index contributed by atoms with van der Waals surface area (Å²) in [5.74, 6) is -0.0751. The lowest BCUT2D eigenvalue weighted by Gasteiger charge is -2.21. The highest BCUT2D eigenvalue weighted by Gasteiger charge is 2.31. The topological polar surface area (TPSA) is 46.6 Å². The van der Waals surface area contributed by atoms with E-state index in [4.69, 9.17) is 4.74 Å². The van der Waals surface area contributed by atoms with Crippen molar-refractivity contribution in [3.05, 3.63) is 0 Å². The fraction of sp³-hybridized carbons (Fsp3) is 0.818. The van der Waals surface area contributed by atoms with Crippen LogP contribution in [0.4, 0.5) is 0 Å². The Morgan fingerprint density at radius 3 is 2.47 bits per heavy atom. The van der Waals surface area contributed by atoms with Gasteiger partial charge in [0.05, 0.1) is 13.0 Å². The first-order valence-electron chi connectivity index (χ1n) is 5.64. The van der Waals surface area contributed by atoms with E-state index in [1.807, 2.05) is 11.8 Å². The lowest BCUT2D eigenvalue weighted by atomic mass is 10.3. The third-order valence-corrected chi connectivity index (χ3v) is 2.47. The van der Waals surface area contributed by atoms with Gasteiger partial charge in [0.15, 0.2) is 0 Å². The monoisotopic (exact) mass is 213 g/mol. The fourth-order valence-corrected chi connectivity index (χ4v) is 1.55. The maximum absolute atomic E-state index is 11.5. The van der Waals surface area contributed by atoms with E-state index >= 15 is 0 Å². The molecule has 0 unspecified atom stereocenters. The molecule has 0 aromatic rings. The number of ether oxygens (including phenoxy) is 1. The summed E-state index contributed by atoms with van der Waals surface area (Å²) in [4.78, 5) is 24.5. The van der Waals surface area contributed by atoms with Gasteiger partial charge in [-0.1, -0.05) is 6.92 Å². The van der Waals surface area contributed by atoms with E-state index in [-0.39, 0.29) is 11.9 Å². The van der Waals surface area contributed by atoms with Crippen LogP contribution < -0.4 is 0 Å². The molecule has 0 spiro atoms. The number of carbonyl (C=O) groups is 2. The minimum atomic E-state index is -0.216. The maximum Gasteiger partial charge on any atom is 0.307 e. The average molecular weight is 213 g/mol.